The van der Waals surface area contributed by atoms with Crippen LogP contribution in [0, 0.1) is 5.92 Å². The van der Waals surface area contributed by atoms with E-state index < -0.39 is 5.54 Å². The molecule has 2 aliphatic rings. The van der Waals surface area contributed by atoms with E-state index in [0.29, 0.717) is 6.04 Å². The maximum Gasteiger partial charge on any atom is 0.237 e. The maximum absolute atomic E-state index is 11.3. The first-order chi connectivity index (χ1) is 7.55. The fourth-order valence-corrected chi connectivity index (χ4v) is 3.11. The number of nitrogens with two attached hydrogens (primary N) is 2. The molecule has 3 unspecified atom stereocenters. The zero-order valence-corrected chi connectivity index (χ0v) is 10.1. The molecule has 4 nitrogen and oxygen atoms in total. The standard InChI is InChI=1S/C12H23N3O/c1-2-9-4-6-15(8-9)10-3-5-12(14,7-10)11(13)16/h9-10H,2-8,14H2,1H3,(H2,13,16). The van der Waals surface area contributed by atoms with Crippen LogP contribution in [0.1, 0.15) is 39.0 Å². The van der Waals surface area contributed by atoms with Gasteiger partial charge in [-0.05, 0) is 38.1 Å². The minimum atomic E-state index is -0.741. The Kier molecular flexibility index (Phi) is 3.22. The number of hydrogen-bond acceptors (Lipinski definition) is 3. The van der Waals surface area contributed by atoms with Gasteiger partial charge in [0.05, 0.1) is 5.54 Å². The van der Waals surface area contributed by atoms with Crippen LogP contribution in [-0.4, -0.2) is 35.5 Å². The molecule has 4 heteroatoms. The molecule has 3 atom stereocenters. The molecule has 2 fully saturated rings. The lowest BCUT2D eigenvalue weighted by molar-refractivity contribution is -0.123. The van der Waals surface area contributed by atoms with E-state index in [0.717, 1.165) is 31.7 Å². The van der Waals surface area contributed by atoms with E-state index in [1.807, 2.05) is 0 Å². The molecular formula is C12H23N3O. The van der Waals surface area contributed by atoms with E-state index in [9.17, 15) is 4.79 Å². The Morgan fingerprint density at radius 3 is 2.75 bits per heavy atom. The Morgan fingerprint density at radius 2 is 2.25 bits per heavy atom. The van der Waals surface area contributed by atoms with Crippen molar-refractivity contribution in [3.05, 3.63) is 0 Å². The van der Waals surface area contributed by atoms with Gasteiger partial charge in [-0.2, -0.15) is 0 Å². The van der Waals surface area contributed by atoms with Gasteiger partial charge in [0.1, 0.15) is 0 Å². The van der Waals surface area contributed by atoms with Gasteiger partial charge in [-0.1, -0.05) is 13.3 Å². The van der Waals surface area contributed by atoms with Crippen molar-refractivity contribution in [3.8, 4) is 0 Å². The first-order valence-corrected chi connectivity index (χ1v) is 6.38. The molecule has 2 rings (SSSR count). The third kappa shape index (κ3) is 2.09. The van der Waals surface area contributed by atoms with Crippen molar-refractivity contribution in [2.75, 3.05) is 13.1 Å². The molecule has 0 bridgehead atoms. The number of likely N-dealkylation sites (tertiary alicyclic amines) is 1. The molecule has 0 aromatic heterocycles. The molecule has 1 aliphatic carbocycles. The third-order valence-electron chi connectivity index (χ3n) is 4.43. The topological polar surface area (TPSA) is 72.3 Å². The third-order valence-corrected chi connectivity index (χ3v) is 4.43. The molecule has 0 spiro atoms. The van der Waals surface area contributed by atoms with Gasteiger partial charge in [0.25, 0.3) is 0 Å². The predicted octanol–water partition coefficient (Wildman–Crippen LogP) is 0.454. The second-order valence-corrected chi connectivity index (χ2v) is 5.47. The van der Waals surface area contributed by atoms with Crippen LogP contribution in [0.5, 0.6) is 0 Å². The normalized spacial score (nSPS) is 40.4. The van der Waals surface area contributed by atoms with Gasteiger partial charge in [-0.25, -0.2) is 0 Å². The van der Waals surface area contributed by atoms with Crippen molar-refractivity contribution >= 4 is 5.91 Å². The van der Waals surface area contributed by atoms with Crippen LogP contribution < -0.4 is 11.5 Å². The molecule has 4 N–H and O–H groups in total. The Morgan fingerprint density at radius 1 is 1.50 bits per heavy atom. The summed E-state index contributed by atoms with van der Waals surface area (Å²) in [5.74, 6) is 0.502. The summed E-state index contributed by atoms with van der Waals surface area (Å²) in [4.78, 5) is 13.8. The molecule has 1 aliphatic heterocycles. The van der Waals surface area contributed by atoms with E-state index in [1.165, 1.54) is 19.4 Å². The quantitative estimate of drug-likeness (QED) is 0.732. The van der Waals surface area contributed by atoms with Crippen molar-refractivity contribution in [2.24, 2.45) is 17.4 Å². The second kappa shape index (κ2) is 4.34. The SMILES string of the molecule is CCC1CCN(C2CCC(N)(C(N)=O)C2)C1. The summed E-state index contributed by atoms with van der Waals surface area (Å²) in [7, 11) is 0. The molecule has 16 heavy (non-hydrogen) atoms. The van der Waals surface area contributed by atoms with Crippen molar-refractivity contribution in [2.45, 2.75) is 50.6 Å². The average molecular weight is 225 g/mol. The van der Waals surface area contributed by atoms with E-state index >= 15 is 0 Å². The number of carbonyl (C=O) groups excluding carboxylic acids is 1. The molecule has 1 amide bonds. The van der Waals surface area contributed by atoms with Crippen molar-refractivity contribution in [3.63, 3.8) is 0 Å². The van der Waals surface area contributed by atoms with Gasteiger partial charge >= 0.3 is 0 Å². The van der Waals surface area contributed by atoms with Gasteiger partial charge in [-0.3, -0.25) is 4.79 Å². The first-order valence-electron chi connectivity index (χ1n) is 6.38. The second-order valence-electron chi connectivity index (χ2n) is 5.47. The number of nitrogens with zero attached hydrogens (tertiary/aromatic N) is 1. The Labute approximate surface area is 97.3 Å². The molecule has 92 valence electrons. The van der Waals surface area contributed by atoms with Crippen molar-refractivity contribution < 1.29 is 4.79 Å². The Hall–Kier alpha value is -0.610. The van der Waals surface area contributed by atoms with E-state index in [4.69, 9.17) is 11.5 Å². The summed E-state index contributed by atoms with van der Waals surface area (Å²) in [6, 6.07) is 0.481. The number of hydrogen-bond donors (Lipinski definition) is 2. The van der Waals surface area contributed by atoms with Gasteiger partial charge in [0.2, 0.25) is 5.91 Å². The molecule has 1 saturated carbocycles. The number of amides is 1. The van der Waals surface area contributed by atoms with Gasteiger partial charge < -0.3 is 16.4 Å². The van der Waals surface area contributed by atoms with Crippen LogP contribution in [0.2, 0.25) is 0 Å². The monoisotopic (exact) mass is 225 g/mol. The maximum atomic E-state index is 11.3. The average Bonchev–Trinajstić information content (AvgIpc) is 2.84. The van der Waals surface area contributed by atoms with E-state index in [2.05, 4.69) is 11.8 Å². The van der Waals surface area contributed by atoms with Crippen LogP contribution in [0.25, 0.3) is 0 Å². The summed E-state index contributed by atoms with van der Waals surface area (Å²) >= 11 is 0. The zero-order valence-electron chi connectivity index (χ0n) is 10.1. The smallest absolute Gasteiger partial charge is 0.237 e. The summed E-state index contributed by atoms with van der Waals surface area (Å²) in [6.07, 6.45) is 5.07. The first kappa shape index (κ1) is 11.9. The van der Waals surface area contributed by atoms with E-state index in [-0.39, 0.29) is 5.91 Å². The van der Waals surface area contributed by atoms with Crippen molar-refractivity contribution in [1.29, 1.82) is 0 Å². The predicted molar refractivity (Wildman–Crippen MR) is 63.7 cm³/mol. The Balaban J connectivity index is 1.92. The van der Waals surface area contributed by atoms with Crippen LogP contribution in [0.15, 0.2) is 0 Å². The molecule has 1 heterocycles. The number of rotatable bonds is 3. The lowest BCUT2D eigenvalue weighted by Crippen LogP contribution is -2.51. The van der Waals surface area contributed by atoms with Crippen molar-refractivity contribution in [1.82, 2.24) is 4.90 Å². The summed E-state index contributed by atoms with van der Waals surface area (Å²) in [5, 5.41) is 0. The van der Waals surface area contributed by atoms with E-state index in [1.54, 1.807) is 0 Å². The Bertz CT molecular complexity index is 281. The summed E-state index contributed by atoms with van der Waals surface area (Å²) in [6.45, 7) is 4.59. The highest BCUT2D eigenvalue weighted by atomic mass is 16.1. The highest BCUT2D eigenvalue weighted by molar-refractivity contribution is 5.84. The molecule has 0 radical (unpaired) electrons. The lowest BCUT2D eigenvalue weighted by Gasteiger charge is -2.26. The fourth-order valence-electron chi connectivity index (χ4n) is 3.11. The van der Waals surface area contributed by atoms with Gasteiger partial charge in [0.15, 0.2) is 0 Å². The van der Waals surface area contributed by atoms with Crippen LogP contribution >= 0.6 is 0 Å². The molecule has 0 aromatic carbocycles. The lowest BCUT2D eigenvalue weighted by atomic mass is 9.98. The summed E-state index contributed by atoms with van der Waals surface area (Å²) < 4.78 is 0. The summed E-state index contributed by atoms with van der Waals surface area (Å²) in [5.41, 5.74) is 10.6. The minimum Gasteiger partial charge on any atom is -0.368 e. The molecular weight excluding hydrogens is 202 g/mol. The van der Waals surface area contributed by atoms with Crippen LogP contribution in [0.4, 0.5) is 0 Å². The zero-order chi connectivity index (χ0) is 11.8. The number of primary amides is 1. The van der Waals surface area contributed by atoms with Gasteiger partial charge in [-0.15, -0.1) is 0 Å². The fraction of sp³-hybridized carbons (Fsp3) is 0.917. The van der Waals surface area contributed by atoms with Crippen LogP contribution in [-0.2, 0) is 4.79 Å². The minimum absolute atomic E-state index is 0.332. The molecule has 1 saturated heterocycles. The van der Waals surface area contributed by atoms with Gasteiger partial charge in [0, 0.05) is 12.6 Å². The largest absolute Gasteiger partial charge is 0.368 e. The highest BCUT2D eigenvalue weighted by Crippen LogP contribution is 2.34. The molecule has 0 aromatic rings. The highest BCUT2D eigenvalue weighted by Gasteiger charge is 2.43. The number of carbonyl (C=O) groups is 1. The van der Waals surface area contributed by atoms with Crippen LogP contribution in [0.3, 0.4) is 0 Å².